The third-order valence-corrected chi connectivity index (χ3v) is 3.54. The number of amides is 1. The van der Waals surface area contributed by atoms with Crippen molar-refractivity contribution in [2.75, 3.05) is 17.6 Å². The number of carbonyl (C=O) groups excluding carboxylic acids is 1. The molecule has 4 heteroatoms. The normalized spacial score (nSPS) is 12.8. The minimum absolute atomic E-state index is 0.0147. The van der Waals surface area contributed by atoms with Crippen molar-refractivity contribution in [1.29, 1.82) is 0 Å². The second-order valence-electron chi connectivity index (χ2n) is 5.57. The molecule has 1 unspecified atom stereocenters. The number of nitrogens with one attached hydrogen (secondary N) is 1. The molecule has 0 fully saturated rings. The van der Waals surface area contributed by atoms with E-state index in [1.54, 1.807) is 6.07 Å². The van der Waals surface area contributed by atoms with Crippen LogP contribution in [0.5, 0.6) is 0 Å². The largest absolute Gasteiger partial charge is 0.399 e. The lowest BCUT2D eigenvalue weighted by Gasteiger charge is -2.31. The van der Waals surface area contributed by atoms with Crippen LogP contribution < -0.4 is 11.1 Å². The summed E-state index contributed by atoms with van der Waals surface area (Å²) in [5.74, 6) is 0.0147. The first-order chi connectivity index (χ1) is 9.36. The summed E-state index contributed by atoms with van der Waals surface area (Å²) < 4.78 is 0. The van der Waals surface area contributed by atoms with Gasteiger partial charge < -0.3 is 11.1 Å². The molecule has 1 atom stereocenters. The molecular weight excluding hydrogens is 250 g/mol. The van der Waals surface area contributed by atoms with E-state index in [1.165, 1.54) is 0 Å². The topological polar surface area (TPSA) is 58.4 Å². The van der Waals surface area contributed by atoms with Crippen LogP contribution in [0.1, 0.15) is 39.7 Å². The summed E-state index contributed by atoms with van der Waals surface area (Å²) in [5, 5.41) is 2.98. The lowest BCUT2D eigenvalue weighted by molar-refractivity contribution is -0.121. The van der Waals surface area contributed by atoms with Gasteiger partial charge >= 0.3 is 0 Å². The Morgan fingerprint density at radius 1 is 1.35 bits per heavy atom. The highest BCUT2D eigenvalue weighted by molar-refractivity contribution is 5.95. The Balaban J connectivity index is 2.81. The molecule has 20 heavy (non-hydrogen) atoms. The first-order valence-electron chi connectivity index (χ1n) is 7.29. The first-order valence-corrected chi connectivity index (χ1v) is 7.29. The van der Waals surface area contributed by atoms with Crippen LogP contribution in [-0.4, -0.2) is 29.4 Å². The van der Waals surface area contributed by atoms with Crippen LogP contribution in [0.4, 0.5) is 11.4 Å². The summed E-state index contributed by atoms with van der Waals surface area (Å²) in [5.41, 5.74) is 8.25. The van der Waals surface area contributed by atoms with E-state index in [4.69, 9.17) is 5.73 Å². The lowest BCUT2D eigenvalue weighted by atomic mass is 10.1. The zero-order chi connectivity index (χ0) is 15.3. The van der Waals surface area contributed by atoms with Gasteiger partial charge in [0.05, 0.1) is 6.04 Å². The number of nitrogens with two attached hydrogens (primary N) is 1. The maximum Gasteiger partial charge on any atom is 0.241 e. The van der Waals surface area contributed by atoms with Gasteiger partial charge in [-0.15, -0.1) is 0 Å². The Labute approximate surface area is 122 Å². The summed E-state index contributed by atoms with van der Waals surface area (Å²) in [6.07, 6.45) is 1.03. The van der Waals surface area contributed by atoms with Gasteiger partial charge in [0.25, 0.3) is 0 Å². The van der Waals surface area contributed by atoms with Crippen LogP contribution in [-0.2, 0) is 4.79 Å². The molecule has 0 aliphatic carbocycles. The van der Waals surface area contributed by atoms with Crippen molar-refractivity contribution in [1.82, 2.24) is 4.90 Å². The molecule has 0 bridgehead atoms. The molecule has 1 aromatic carbocycles. The number of rotatable bonds is 6. The predicted molar refractivity (Wildman–Crippen MR) is 85.8 cm³/mol. The third-order valence-electron chi connectivity index (χ3n) is 3.54. The molecule has 3 N–H and O–H groups in total. The van der Waals surface area contributed by atoms with Crippen molar-refractivity contribution in [3.63, 3.8) is 0 Å². The van der Waals surface area contributed by atoms with Crippen molar-refractivity contribution >= 4 is 17.3 Å². The van der Waals surface area contributed by atoms with E-state index in [9.17, 15) is 4.79 Å². The maximum absolute atomic E-state index is 12.4. The van der Waals surface area contributed by atoms with E-state index >= 15 is 0 Å². The highest BCUT2D eigenvalue weighted by atomic mass is 16.2. The number of hydrogen-bond acceptors (Lipinski definition) is 3. The van der Waals surface area contributed by atoms with Gasteiger partial charge in [-0.25, -0.2) is 0 Å². The second-order valence-corrected chi connectivity index (χ2v) is 5.57. The number of anilines is 2. The number of nitrogens with zero attached hydrogens (tertiary/aromatic N) is 1. The number of nitrogen functional groups attached to an aromatic ring is 1. The Kier molecular flexibility index (Phi) is 6.02. The molecule has 1 aromatic rings. The minimum Gasteiger partial charge on any atom is -0.399 e. The summed E-state index contributed by atoms with van der Waals surface area (Å²) in [6.45, 7) is 11.2. The first kappa shape index (κ1) is 16.5. The highest BCUT2D eigenvalue weighted by Gasteiger charge is 2.23. The van der Waals surface area contributed by atoms with Crippen molar-refractivity contribution in [2.24, 2.45) is 0 Å². The molecule has 112 valence electrons. The number of hydrogen-bond donors (Lipinski definition) is 2. The van der Waals surface area contributed by atoms with Crippen LogP contribution >= 0.6 is 0 Å². The molecule has 1 amide bonds. The molecule has 4 nitrogen and oxygen atoms in total. The van der Waals surface area contributed by atoms with Crippen molar-refractivity contribution in [3.8, 4) is 0 Å². The molecular formula is C16H27N3O. The fraction of sp³-hybridized carbons (Fsp3) is 0.562. The van der Waals surface area contributed by atoms with Crippen LogP contribution in [0, 0.1) is 6.92 Å². The van der Waals surface area contributed by atoms with Crippen molar-refractivity contribution in [2.45, 2.75) is 53.1 Å². The van der Waals surface area contributed by atoms with Gasteiger partial charge in [-0.2, -0.15) is 0 Å². The van der Waals surface area contributed by atoms with Gasteiger partial charge in [0.2, 0.25) is 5.91 Å². The average Bonchev–Trinajstić information content (AvgIpc) is 2.39. The Morgan fingerprint density at radius 2 is 2.00 bits per heavy atom. The lowest BCUT2D eigenvalue weighted by Crippen LogP contribution is -2.46. The van der Waals surface area contributed by atoms with E-state index in [1.807, 2.05) is 26.0 Å². The predicted octanol–water partition coefficient (Wildman–Crippen LogP) is 3.02. The SMILES string of the molecule is CCCN(C(C)C)C(C)C(=O)Nc1cc(N)ccc1C. The van der Waals surface area contributed by atoms with Gasteiger partial charge in [-0.3, -0.25) is 9.69 Å². The zero-order valence-electron chi connectivity index (χ0n) is 13.2. The van der Waals surface area contributed by atoms with E-state index in [0.29, 0.717) is 11.7 Å². The van der Waals surface area contributed by atoms with E-state index < -0.39 is 0 Å². The molecule has 0 aromatic heterocycles. The molecule has 0 saturated heterocycles. The summed E-state index contributed by atoms with van der Waals surface area (Å²) in [6, 6.07) is 5.75. The average molecular weight is 277 g/mol. The van der Waals surface area contributed by atoms with Crippen LogP contribution in [0.2, 0.25) is 0 Å². The molecule has 0 aliphatic heterocycles. The summed E-state index contributed by atoms with van der Waals surface area (Å²) in [4.78, 5) is 14.6. The smallest absolute Gasteiger partial charge is 0.241 e. The van der Waals surface area contributed by atoms with Gasteiger partial charge in [0.15, 0.2) is 0 Å². The maximum atomic E-state index is 12.4. The van der Waals surface area contributed by atoms with Gasteiger partial charge in [-0.1, -0.05) is 13.0 Å². The standard InChI is InChI=1S/C16H27N3O/c1-6-9-19(11(2)3)13(5)16(20)18-15-10-14(17)8-7-12(15)4/h7-8,10-11,13H,6,9,17H2,1-5H3,(H,18,20). The third kappa shape index (κ3) is 4.23. The fourth-order valence-corrected chi connectivity index (χ4v) is 2.32. The van der Waals surface area contributed by atoms with Gasteiger partial charge in [0.1, 0.15) is 0 Å². The quantitative estimate of drug-likeness (QED) is 0.786. The summed E-state index contributed by atoms with van der Waals surface area (Å²) >= 11 is 0. The Hall–Kier alpha value is -1.55. The Bertz CT molecular complexity index is 457. The molecule has 0 saturated carbocycles. The van der Waals surface area contributed by atoms with E-state index in [-0.39, 0.29) is 11.9 Å². The number of aryl methyl sites for hydroxylation is 1. The monoisotopic (exact) mass is 277 g/mol. The molecule has 0 radical (unpaired) electrons. The van der Waals surface area contributed by atoms with Gasteiger partial charge in [0, 0.05) is 17.4 Å². The van der Waals surface area contributed by atoms with Crippen LogP contribution in [0.25, 0.3) is 0 Å². The number of benzene rings is 1. The van der Waals surface area contributed by atoms with Crippen LogP contribution in [0.3, 0.4) is 0 Å². The van der Waals surface area contributed by atoms with E-state index in [0.717, 1.165) is 24.2 Å². The van der Waals surface area contributed by atoms with Crippen LogP contribution in [0.15, 0.2) is 18.2 Å². The molecule has 0 spiro atoms. The zero-order valence-corrected chi connectivity index (χ0v) is 13.2. The minimum atomic E-state index is -0.157. The number of carbonyl (C=O) groups is 1. The summed E-state index contributed by atoms with van der Waals surface area (Å²) in [7, 11) is 0. The van der Waals surface area contributed by atoms with Crippen molar-refractivity contribution in [3.05, 3.63) is 23.8 Å². The van der Waals surface area contributed by atoms with E-state index in [2.05, 4.69) is 31.0 Å². The van der Waals surface area contributed by atoms with Crippen molar-refractivity contribution < 1.29 is 4.79 Å². The molecule has 1 rings (SSSR count). The van der Waals surface area contributed by atoms with Gasteiger partial charge in [-0.05, 0) is 58.4 Å². The fourth-order valence-electron chi connectivity index (χ4n) is 2.32. The molecule has 0 aliphatic rings. The highest BCUT2D eigenvalue weighted by Crippen LogP contribution is 2.19. The Morgan fingerprint density at radius 3 is 2.55 bits per heavy atom. The second kappa shape index (κ2) is 7.29. The molecule has 0 heterocycles.